The highest BCUT2D eigenvalue weighted by Gasteiger charge is 2.21. The monoisotopic (exact) mass is 680 g/mol. The predicted octanol–water partition coefficient (Wildman–Crippen LogP) is 7.72. The number of benzene rings is 2. The van der Waals surface area contributed by atoms with Crippen LogP contribution in [0.15, 0.2) is 48.5 Å². The number of hydrogen-bond acceptors (Lipinski definition) is 2. The third kappa shape index (κ3) is 5.77. The molecule has 0 saturated carbocycles. The van der Waals surface area contributed by atoms with Crippen molar-refractivity contribution in [3.05, 3.63) is 59.7 Å². The zero-order valence-corrected chi connectivity index (χ0v) is 20.4. The van der Waals surface area contributed by atoms with E-state index < -0.39 is 4.29 Å². The fraction of sp³-hybridized carbons (Fsp3) is 0.143. The van der Waals surface area contributed by atoms with Gasteiger partial charge in [0.1, 0.15) is 0 Å². The highest BCUT2D eigenvalue weighted by molar-refractivity contribution is 9.39. The van der Waals surface area contributed by atoms with Crippen molar-refractivity contribution in [1.82, 2.24) is 0 Å². The molecule has 0 atom stereocenters. The normalized spacial score (nSPS) is 12.1. The van der Waals surface area contributed by atoms with E-state index in [1.54, 1.807) is 0 Å². The van der Waals surface area contributed by atoms with E-state index in [4.69, 9.17) is 0 Å². The van der Waals surface area contributed by atoms with Crippen LogP contribution in [0, 0.1) is 0 Å². The van der Waals surface area contributed by atoms with Gasteiger partial charge in [-0.05, 0) is 35.4 Å². The van der Waals surface area contributed by atoms with Gasteiger partial charge in [0, 0.05) is 0 Å². The van der Waals surface area contributed by atoms with E-state index in [-0.39, 0.29) is 0 Å². The first kappa shape index (κ1) is 19.2. The van der Waals surface area contributed by atoms with Gasteiger partial charge in [0.15, 0.2) is 4.29 Å². The standard InChI is InChI=1S/C14H10Br6N2/c15-13(16,17)9-4-6-11(7-5-9)21-22-12-3-1-2-10(8-12)14(18,19)20/h1-8,21-22H. The Balaban J connectivity index is 2.04. The van der Waals surface area contributed by atoms with Gasteiger partial charge in [-0.25, -0.2) is 0 Å². The summed E-state index contributed by atoms with van der Waals surface area (Å²) in [6, 6.07) is 16.0. The summed E-state index contributed by atoms with van der Waals surface area (Å²) in [5, 5.41) is 0. The topological polar surface area (TPSA) is 24.1 Å². The quantitative estimate of drug-likeness (QED) is 0.256. The van der Waals surface area contributed by atoms with E-state index in [0.29, 0.717) is 0 Å². The van der Waals surface area contributed by atoms with Crippen LogP contribution in [0.1, 0.15) is 11.1 Å². The van der Waals surface area contributed by atoms with Crippen molar-refractivity contribution in [3.63, 3.8) is 0 Å². The molecule has 8 heteroatoms. The Labute approximate surface area is 179 Å². The van der Waals surface area contributed by atoms with E-state index >= 15 is 0 Å². The molecular weight excluding hydrogens is 676 g/mol. The van der Waals surface area contributed by atoms with Crippen molar-refractivity contribution < 1.29 is 0 Å². The molecule has 0 bridgehead atoms. The number of halogens is 6. The van der Waals surface area contributed by atoms with Crippen LogP contribution in [0.2, 0.25) is 0 Å². The summed E-state index contributed by atoms with van der Waals surface area (Å²) in [6.45, 7) is 0. The average molecular weight is 686 g/mol. The molecule has 2 nitrogen and oxygen atoms in total. The summed E-state index contributed by atoms with van der Waals surface area (Å²) in [7, 11) is 0. The first-order valence-electron chi connectivity index (χ1n) is 6.03. The smallest absolute Gasteiger partial charge is 0.159 e. The summed E-state index contributed by atoms with van der Waals surface area (Å²) in [4.78, 5) is 0. The summed E-state index contributed by atoms with van der Waals surface area (Å²) in [5.41, 5.74) is 10.4. The Bertz CT molecular complexity index is 631. The van der Waals surface area contributed by atoms with Crippen LogP contribution in [0.5, 0.6) is 0 Å². The molecule has 0 aromatic heterocycles. The van der Waals surface area contributed by atoms with Crippen molar-refractivity contribution in [1.29, 1.82) is 0 Å². The Morgan fingerprint density at radius 2 is 1.14 bits per heavy atom. The molecule has 0 aliphatic carbocycles. The minimum atomic E-state index is -0.419. The lowest BCUT2D eigenvalue weighted by atomic mass is 10.2. The molecule has 2 aromatic rings. The van der Waals surface area contributed by atoms with Gasteiger partial charge in [0.2, 0.25) is 0 Å². The lowest BCUT2D eigenvalue weighted by molar-refractivity contribution is 1.32. The number of hydrazine groups is 1. The lowest BCUT2D eigenvalue weighted by Gasteiger charge is -2.16. The molecule has 0 saturated heterocycles. The molecule has 0 aliphatic heterocycles. The Kier molecular flexibility index (Phi) is 6.88. The molecule has 2 aromatic carbocycles. The Morgan fingerprint density at radius 3 is 1.68 bits per heavy atom. The van der Waals surface area contributed by atoms with Crippen molar-refractivity contribution >= 4 is 107 Å². The minimum absolute atomic E-state index is 0.391. The van der Waals surface area contributed by atoms with E-state index in [2.05, 4.69) is 106 Å². The highest BCUT2D eigenvalue weighted by Crippen LogP contribution is 2.45. The summed E-state index contributed by atoms with van der Waals surface area (Å²) in [6.07, 6.45) is 0. The number of alkyl halides is 6. The van der Waals surface area contributed by atoms with Crippen LogP contribution in [0.3, 0.4) is 0 Å². The van der Waals surface area contributed by atoms with Gasteiger partial charge in [-0.2, -0.15) is 0 Å². The molecule has 2 N–H and O–H groups in total. The van der Waals surface area contributed by atoms with Crippen molar-refractivity contribution in [2.24, 2.45) is 0 Å². The third-order valence-electron chi connectivity index (χ3n) is 2.75. The zero-order valence-electron chi connectivity index (χ0n) is 10.9. The fourth-order valence-electron chi connectivity index (χ4n) is 1.66. The molecule has 22 heavy (non-hydrogen) atoms. The third-order valence-corrected chi connectivity index (χ3v) is 5.50. The Hall–Kier alpha value is 0.920. The van der Waals surface area contributed by atoms with Gasteiger partial charge in [0.05, 0.1) is 11.4 Å². The molecular formula is C14H10Br6N2. The van der Waals surface area contributed by atoms with Gasteiger partial charge < -0.3 is 10.9 Å². The lowest BCUT2D eigenvalue weighted by Crippen LogP contribution is -2.10. The molecule has 0 amide bonds. The summed E-state index contributed by atoms with van der Waals surface area (Å²) in [5.74, 6) is 0. The van der Waals surface area contributed by atoms with E-state index in [9.17, 15) is 0 Å². The van der Waals surface area contributed by atoms with Crippen LogP contribution >= 0.6 is 95.6 Å². The second kappa shape index (κ2) is 7.87. The fourth-order valence-corrected chi connectivity index (χ4v) is 3.19. The van der Waals surface area contributed by atoms with E-state index in [1.807, 2.05) is 48.5 Å². The van der Waals surface area contributed by atoms with Crippen molar-refractivity contribution in [2.75, 3.05) is 10.9 Å². The zero-order chi connectivity index (χ0) is 16.4. The molecule has 0 heterocycles. The van der Waals surface area contributed by atoms with Crippen LogP contribution < -0.4 is 10.9 Å². The second-order valence-electron chi connectivity index (χ2n) is 4.40. The van der Waals surface area contributed by atoms with Crippen LogP contribution in [0.25, 0.3) is 0 Å². The number of nitrogens with one attached hydrogen (secondary N) is 2. The Morgan fingerprint density at radius 1 is 0.591 bits per heavy atom. The van der Waals surface area contributed by atoms with Gasteiger partial charge >= 0.3 is 0 Å². The average Bonchev–Trinajstić information content (AvgIpc) is 2.44. The maximum atomic E-state index is 3.52. The van der Waals surface area contributed by atoms with Gasteiger partial charge in [-0.1, -0.05) is 120 Å². The second-order valence-corrected chi connectivity index (χ2v) is 17.9. The SMILES string of the molecule is BrC(Br)(Br)c1ccc(NNc2cccc(C(Br)(Br)Br)c2)cc1. The maximum Gasteiger partial charge on any atom is 0.159 e. The molecule has 2 rings (SSSR count). The number of rotatable bonds is 3. The van der Waals surface area contributed by atoms with Crippen LogP contribution in [-0.4, -0.2) is 0 Å². The molecule has 0 aliphatic rings. The van der Waals surface area contributed by atoms with Crippen molar-refractivity contribution in [2.45, 2.75) is 4.29 Å². The van der Waals surface area contributed by atoms with Gasteiger partial charge in [-0.15, -0.1) is 0 Å². The highest BCUT2D eigenvalue weighted by atomic mass is 80.0. The summed E-state index contributed by atoms with van der Waals surface area (Å²) < 4.78 is -0.810. The minimum Gasteiger partial charge on any atom is -0.301 e. The molecule has 0 unspecified atom stereocenters. The van der Waals surface area contributed by atoms with Crippen molar-refractivity contribution in [3.8, 4) is 0 Å². The van der Waals surface area contributed by atoms with Crippen LogP contribution in [0.4, 0.5) is 11.4 Å². The van der Waals surface area contributed by atoms with Gasteiger partial charge in [0.25, 0.3) is 0 Å². The molecule has 0 spiro atoms. The van der Waals surface area contributed by atoms with E-state index in [1.165, 1.54) is 0 Å². The molecule has 0 radical (unpaired) electrons. The predicted molar refractivity (Wildman–Crippen MR) is 117 cm³/mol. The van der Waals surface area contributed by atoms with Gasteiger partial charge in [-0.3, -0.25) is 0 Å². The van der Waals surface area contributed by atoms with E-state index in [0.717, 1.165) is 22.5 Å². The largest absolute Gasteiger partial charge is 0.301 e. The molecule has 0 fully saturated rings. The first-order chi connectivity index (χ1) is 10.2. The molecule has 118 valence electrons. The number of hydrogen-bond donors (Lipinski definition) is 2. The van der Waals surface area contributed by atoms with Crippen LogP contribution in [-0.2, 0) is 4.29 Å². The first-order valence-corrected chi connectivity index (χ1v) is 10.8. The maximum absolute atomic E-state index is 3.52. The summed E-state index contributed by atoms with van der Waals surface area (Å²) >= 11 is 21.0. The number of anilines is 2.